The molecule has 33 heavy (non-hydrogen) atoms. The Morgan fingerprint density at radius 1 is 1.09 bits per heavy atom. The van der Waals surface area contributed by atoms with Gasteiger partial charge in [-0.15, -0.1) is 0 Å². The third-order valence-corrected chi connectivity index (χ3v) is 11.9. The van der Waals surface area contributed by atoms with E-state index in [4.69, 9.17) is 28.1 Å². The fourth-order valence-electron chi connectivity index (χ4n) is 4.33. The van der Waals surface area contributed by atoms with Crippen LogP contribution < -0.4 is 4.74 Å². The van der Waals surface area contributed by atoms with Crippen LogP contribution >= 0.6 is 0 Å². The molecule has 0 aromatic heterocycles. The van der Waals surface area contributed by atoms with Gasteiger partial charge >= 0.3 is 0 Å². The van der Waals surface area contributed by atoms with Gasteiger partial charge in [-0.25, -0.2) is 0 Å². The van der Waals surface area contributed by atoms with Gasteiger partial charge in [-0.3, -0.25) is 0 Å². The average molecular weight is 481 g/mol. The van der Waals surface area contributed by atoms with Crippen molar-refractivity contribution in [3.8, 4) is 5.75 Å². The van der Waals surface area contributed by atoms with Crippen molar-refractivity contribution in [2.24, 2.45) is 11.8 Å². The largest absolute Gasteiger partial charge is 0.497 e. The molecule has 1 aromatic carbocycles. The summed E-state index contributed by atoms with van der Waals surface area (Å²) < 4.78 is 37.2. The Morgan fingerprint density at radius 3 is 2.24 bits per heavy atom. The minimum absolute atomic E-state index is 0.0343. The molecule has 2 aliphatic rings. The normalized spacial score (nSPS) is 30.1. The molecule has 0 saturated carbocycles. The third-order valence-electron chi connectivity index (χ3n) is 7.41. The number of rotatable bonds is 7. The summed E-state index contributed by atoms with van der Waals surface area (Å²) >= 11 is 0. The minimum Gasteiger partial charge on any atom is -0.497 e. The van der Waals surface area contributed by atoms with Crippen molar-refractivity contribution in [1.29, 1.82) is 0 Å². The van der Waals surface area contributed by atoms with Crippen molar-refractivity contribution in [3.05, 3.63) is 29.8 Å². The Balaban J connectivity index is 1.84. The van der Waals surface area contributed by atoms with Crippen LogP contribution in [0.1, 0.15) is 60.3 Å². The molecule has 188 valence electrons. The molecular weight excluding hydrogens is 436 g/mol. The summed E-state index contributed by atoms with van der Waals surface area (Å²) in [5.74, 6) is 0.543. The van der Waals surface area contributed by atoms with Crippen molar-refractivity contribution in [2.45, 2.75) is 97.0 Å². The second-order valence-electron chi connectivity index (χ2n) is 11.6. The molecule has 0 amide bonds. The molecule has 0 bridgehead atoms. The molecule has 2 heterocycles. The number of hydrogen-bond acceptors (Lipinski definition) is 6. The zero-order chi connectivity index (χ0) is 24.6. The number of hydrogen-bond donors (Lipinski definition) is 0. The summed E-state index contributed by atoms with van der Waals surface area (Å²) in [6.45, 7) is 20.9. The lowest BCUT2D eigenvalue weighted by atomic mass is 9.86. The van der Waals surface area contributed by atoms with Gasteiger partial charge in [0.25, 0.3) is 0 Å². The molecule has 1 unspecified atom stereocenters. The van der Waals surface area contributed by atoms with E-state index >= 15 is 0 Å². The monoisotopic (exact) mass is 480 g/mol. The maximum Gasteiger partial charge on any atom is 0.192 e. The maximum atomic E-state index is 7.01. The molecule has 6 nitrogen and oxygen atoms in total. The summed E-state index contributed by atoms with van der Waals surface area (Å²) in [5, 5.41) is 0.0910. The van der Waals surface area contributed by atoms with Crippen LogP contribution in [0.5, 0.6) is 5.75 Å². The lowest BCUT2D eigenvalue weighted by molar-refractivity contribution is -0.259. The van der Waals surface area contributed by atoms with Crippen LogP contribution in [0.4, 0.5) is 0 Å². The minimum atomic E-state index is -2.06. The molecule has 1 aromatic rings. The first-order valence-corrected chi connectivity index (χ1v) is 15.1. The molecule has 3 rings (SSSR count). The summed E-state index contributed by atoms with van der Waals surface area (Å²) in [7, 11) is -0.391. The molecule has 2 saturated heterocycles. The molecular formula is C26H44O6Si. The number of methoxy groups -OCH3 is 1. The van der Waals surface area contributed by atoms with Crippen molar-refractivity contribution < 1.29 is 28.1 Å². The molecule has 7 heteroatoms. The van der Waals surface area contributed by atoms with Crippen LogP contribution in [0.3, 0.4) is 0 Å². The van der Waals surface area contributed by atoms with Gasteiger partial charge in [-0.2, -0.15) is 0 Å². The summed E-state index contributed by atoms with van der Waals surface area (Å²) in [4.78, 5) is 0. The van der Waals surface area contributed by atoms with Crippen molar-refractivity contribution in [3.63, 3.8) is 0 Å². The van der Waals surface area contributed by atoms with Crippen molar-refractivity contribution in [2.75, 3.05) is 20.3 Å². The van der Waals surface area contributed by atoms with E-state index in [1.54, 1.807) is 7.11 Å². The summed E-state index contributed by atoms with van der Waals surface area (Å²) in [5.41, 5.74) is 0.989. The Morgan fingerprint density at radius 2 is 1.73 bits per heavy atom. The highest BCUT2D eigenvalue weighted by atomic mass is 28.4. The van der Waals surface area contributed by atoms with Crippen molar-refractivity contribution in [1.82, 2.24) is 0 Å². The highest BCUT2D eigenvalue weighted by molar-refractivity contribution is 6.74. The van der Waals surface area contributed by atoms with Gasteiger partial charge in [0.2, 0.25) is 0 Å². The van der Waals surface area contributed by atoms with Gasteiger partial charge in [-0.1, -0.05) is 46.8 Å². The van der Waals surface area contributed by atoms with Gasteiger partial charge < -0.3 is 28.1 Å². The Bertz CT molecular complexity index is 772. The Kier molecular flexibility index (Phi) is 8.04. The Hall–Kier alpha value is -0.963. The molecule has 0 aliphatic carbocycles. The fraction of sp³-hybridized carbons (Fsp3) is 0.769. The zero-order valence-corrected chi connectivity index (χ0v) is 23.1. The second-order valence-corrected chi connectivity index (χ2v) is 16.3. The van der Waals surface area contributed by atoms with Crippen LogP contribution in [0.2, 0.25) is 18.1 Å². The standard InChI is InChI=1S/C26H44O6Si/c1-17-15-28-24(19-11-13-20(27-8)14-12-19)30-22(17)18(2)23(21-16-29-26(6,7)31-21)32-33(9,10)25(3,4)5/h11-14,17-18,21-24H,15-16H2,1-10H3/t17-,18-,21+,22+,23+,24?/m1/s1. The van der Waals surface area contributed by atoms with E-state index in [0.29, 0.717) is 13.2 Å². The smallest absolute Gasteiger partial charge is 0.192 e. The lowest BCUT2D eigenvalue weighted by Crippen LogP contribution is -2.54. The molecule has 0 N–H and O–H groups in total. The van der Waals surface area contributed by atoms with E-state index in [-0.39, 0.29) is 35.2 Å². The maximum absolute atomic E-state index is 7.01. The van der Waals surface area contributed by atoms with E-state index in [2.05, 4.69) is 47.7 Å². The highest BCUT2D eigenvalue weighted by Gasteiger charge is 2.49. The van der Waals surface area contributed by atoms with Crippen LogP contribution in [-0.4, -0.2) is 52.7 Å². The second kappa shape index (κ2) is 9.95. The number of ether oxygens (including phenoxy) is 5. The molecule has 0 radical (unpaired) electrons. The summed E-state index contributed by atoms with van der Waals surface area (Å²) in [6, 6.07) is 7.88. The van der Waals surface area contributed by atoms with Crippen LogP contribution in [0.25, 0.3) is 0 Å². The van der Waals surface area contributed by atoms with Crippen LogP contribution in [0, 0.1) is 11.8 Å². The third kappa shape index (κ3) is 6.19. The fourth-order valence-corrected chi connectivity index (χ4v) is 5.73. The van der Waals surface area contributed by atoms with E-state index in [0.717, 1.165) is 11.3 Å². The molecule has 6 atom stereocenters. The lowest BCUT2D eigenvalue weighted by Gasteiger charge is -2.46. The zero-order valence-electron chi connectivity index (χ0n) is 22.1. The predicted molar refractivity (Wildman–Crippen MR) is 132 cm³/mol. The van der Waals surface area contributed by atoms with Gasteiger partial charge in [-0.05, 0) is 44.1 Å². The van der Waals surface area contributed by atoms with E-state index < -0.39 is 20.4 Å². The highest BCUT2D eigenvalue weighted by Crippen LogP contribution is 2.42. The van der Waals surface area contributed by atoms with Crippen LogP contribution in [-0.2, 0) is 23.4 Å². The van der Waals surface area contributed by atoms with Crippen molar-refractivity contribution >= 4 is 8.32 Å². The average Bonchev–Trinajstić information content (AvgIpc) is 3.10. The first-order valence-electron chi connectivity index (χ1n) is 12.1. The van der Waals surface area contributed by atoms with Gasteiger partial charge in [0.1, 0.15) is 11.9 Å². The first-order chi connectivity index (χ1) is 15.2. The number of benzene rings is 1. The summed E-state index contributed by atoms with van der Waals surface area (Å²) in [6.07, 6.45) is -0.713. The van der Waals surface area contributed by atoms with E-state index in [1.165, 1.54) is 0 Å². The predicted octanol–water partition coefficient (Wildman–Crippen LogP) is 5.92. The van der Waals surface area contributed by atoms with E-state index in [1.807, 2.05) is 38.1 Å². The topological polar surface area (TPSA) is 55.4 Å². The SMILES string of the molecule is COc1ccc(C2OC[C@@H](C)[C@@H]([C@@H](C)[C@H](O[Si](C)(C)C(C)(C)C)[C@@H]3COC(C)(C)O3)O2)cc1. The molecule has 2 fully saturated rings. The molecule has 0 spiro atoms. The van der Waals surface area contributed by atoms with Gasteiger partial charge in [0.05, 0.1) is 32.5 Å². The van der Waals surface area contributed by atoms with Crippen LogP contribution in [0.15, 0.2) is 24.3 Å². The van der Waals surface area contributed by atoms with Gasteiger partial charge in [0, 0.05) is 17.4 Å². The Labute approximate surface area is 201 Å². The first kappa shape index (κ1) is 26.6. The quantitative estimate of drug-likeness (QED) is 0.451. The van der Waals surface area contributed by atoms with E-state index in [9.17, 15) is 0 Å². The molecule has 2 aliphatic heterocycles. The van der Waals surface area contributed by atoms with Gasteiger partial charge in [0.15, 0.2) is 20.4 Å².